The van der Waals surface area contributed by atoms with Crippen molar-refractivity contribution in [3.05, 3.63) is 88.5 Å². The number of aromatic amines is 1. The first-order valence-corrected chi connectivity index (χ1v) is 11.8. The van der Waals surface area contributed by atoms with E-state index in [1.54, 1.807) is 20.8 Å². The van der Waals surface area contributed by atoms with Gasteiger partial charge in [0.05, 0.1) is 11.5 Å². The van der Waals surface area contributed by atoms with E-state index < -0.39 is 21.8 Å². The molecular formula is C24H27FN2O4S. The number of sulfonamides is 1. The third-order valence-electron chi connectivity index (χ3n) is 5.35. The van der Waals surface area contributed by atoms with E-state index in [2.05, 4.69) is 4.98 Å². The fourth-order valence-corrected chi connectivity index (χ4v) is 4.96. The van der Waals surface area contributed by atoms with Crippen LogP contribution in [0.5, 0.6) is 0 Å². The van der Waals surface area contributed by atoms with Crippen molar-refractivity contribution < 1.29 is 22.3 Å². The van der Waals surface area contributed by atoms with Crippen LogP contribution in [0, 0.1) is 19.7 Å². The van der Waals surface area contributed by atoms with Crippen LogP contribution < -0.4 is 0 Å². The van der Waals surface area contributed by atoms with E-state index in [1.807, 2.05) is 30.3 Å². The highest BCUT2D eigenvalue weighted by Crippen LogP contribution is 2.25. The Labute approximate surface area is 188 Å². The van der Waals surface area contributed by atoms with Crippen molar-refractivity contribution in [2.75, 3.05) is 13.2 Å². The van der Waals surface area contributed by atoms with Gasteiger partial charge in [-0.1, -0.05) is 30.3 Å². The second kappa shape index (κ2) is 10.1. The molecule has 0 amide bonds. The van der Waals surface area contributed by atoms with Crippen molar-refractivity contribution in [1.82, 2.24) is 9.29 Å². The lowest BCUT2D eigenvalue weighted by molar-refractivity contribution is 0.0519. The minimum absolute atomic E-state index is 0.0171. The zero-order valence-electron chi connectivity index (χ0n) is 18.4. The summed E-state index contributed by atoms with van der Waals surface area (Å²) in [6, 6.07) is 14.4. The minimum atomic E-state index is -3.90. The molecule has 8 heteroatoms. The van der Waals surface area contributed by atoms with Gasteiger partial charge in [0.25, 0.3) is 0 Å². The zero-order chi connectivity index (χ0) is 23.3. The second-order valence-corrected chi connectivity index (χ2v) is 9.42. The van der Waals surface area contributed by atoms with Crippen LogP contribution in [0.25, 0.3) is 0 Å². The maximum atomic E-state index is 13.4. The lowest BCUT2D eigenvalue weighted by Gasteiger charge is -2.23. The van der Waals surface area contributed by atoms with Gasteiger partial charge in [0.15, 0.2) is 0 Å². The summed E-state index contributed by atoms with van der Waals surface area (Å²) in [6.07, 6.45) is 0.508. The molecular weight excluding hydrogens is 431 g/mol. The number of hydrogen-bond donors (Lipinski definition) is 1. The Morgan fingerprint density at radius 3 is 2.34 bits per heavy atom. The number of halogens is 1. The molecule has 0 aliphatic carbocycles. The number of ether oxygens (including phenoxy) is 1. The molecule has 0 bridgehead atoms. The Balaban J connectivity index is 1.96. The molecule has 0 saturated heterocycles. The van der Waals surface area contributed by atoms with E-state index in [0.717, 1.165) is 17.7 Å². The summed E-state index contributed by atoms with van der Waals surface area (Å²) in [5.41, 5.74) is 3.39. The number of aryl methyl sites for hydroxylation is 1. The number of benzene rings is 2. The smallest absolute Gasteiger partial charge is 0.355 e. The number of aromatic nitrogens is 1. The summed E-state index contributed by atoms with van der Waals surface area (Å²) in [7, 11) is -3.90. The lowest BCUT2D eigenvalue weighted by Crippen LogP contribution is -2.33. The summed E-state index contributed by atoms with van der Waals surface area (Å²) in [4.78, 5) is 15.3. The van der Waals surface area contributed by atoms with Crippen molar-refractivity contribution in [1.29, 1.82) is 0 Å². The van der Waals surface area contributed by atoms with Crippen molar-refractivity contribution in [2.45, 2.75) is 38.6 Å². The number of nitrogens with zero attached hydrogens (tertiary/aromatic N) is 1. The van der Waals surface area contributed by atoms with Crippen molar-refractivity contribution in [2.24, 2.45) is 0 Å². The molecule has 0 radical (unpaired) electrons. The number of nitrogens with one attached hydrogen (secondary N) is 1. The SMILES string of the molecule is CCOC(=O)c1[nH]c(C)c(CN(CCc2ccccc2)S(=O)(=O)c2ccc(F)cc2)c1C. The maximum Gasteiger partial charge on any atom is 0.355 e. The Morgan fingerprint density at radius 1 is 1.06 bits per heavy atom. The van der Waals surface area contributed by atoms with Gasteiger partial charge in [-0.2, -0.15) is 4.31 Å². The van der Waals surface area contributed by atoms with Crippen LogP contribution in [-0.4, -0.2) is 36.8 Å². The molecule has 32 heavy (non-hydrogen) atoms. The molecule has 0 aliphatic heterocycles. The van der Waals surface area contributed by atoms with Crippen LogP contribution in [0.2, 0.25) is 0 Å². The van der Waals surface area contributed by atoms with Gasteiger partial charge in [0, 0.05) is 18.8 Å². The van der Waals surface area contributed by atoms with Crippen LogP contribution in [0.1, 0.15) is 39.8 Å². The van der Waals surface area contributed by atoms with Gasteiger partial charge in [-0.05, 0) is 68.1 Å². The van der Waals surface area contributed by atoms with E-state index in [4.69, 9.17) is 4.74 Å². The number of carbonyl (C=O) groups excluding carboxylic acids is 1. The van der Waals surface area contributed by atoms with Gasteiger partial charge in [0.2, 0.25) is 10.0 Å². The van der Waals surface area contributed by atoms with E-state index in [1.165, 1.54) is 16.4 Å². The summed E-state index contributed by atoms with van der Waals surface area (Å²) in [5.74, 6) is -0.979. The molecule has 0 spiro atoms. The van der Waals surface area contributed by atoms with Gasteiger partial charge in [0.1, 0.15) is 11.5 Å². The molecule has 3 aromatic rings. The molecule has 6 nitrogen and oxygen atoms in total. The Kier molecular flexibility index (Phi) is 7.48. The Morgan fingerprint density at radius 2 is 1.72 bits per heavy atom. The standard InChI is InChI=1S/C24H27FN2O4S/c1-4-31-24(28)23-17(2)22(18(3)26-23)16-27(15-14-19-8-6-5-7-9-19)32(29,30)21-12-10-20(25)11-13-21/h5-13,26H,4,14-16H2,1-3H3. The monoisotopic (exact) mass is 458 g/mol. The van der Waals surface area contributed by atoms with Crippen LogP contribution in [0.3, 0.4) is 0 Å². The topological polar surface area (TPSA) is 79.5 Å². The summed E-state index contributed by atoms with van der Waals surface area (Å²) < 4.78 is 46.7. The molecule has 170 valence electrons. The molecule has 2 aromatic carbocycles. The van der Waals surface area contributed by atoms with Gasteiger partial charge in [-0.15, -0.1) is 0 Å². The average molecular weight is 459 g/mol. The molecule has 1 heterocycles. The van der Waals surface area contributed by atoms with Crippen LogP contribution in [0.15, 0.2) is 59.5 Å². The Bertz CT molecular complexity index is 1170. The van der Waals surface area contributed by atoms with Crippen molar-refractivity contribution in [3.8, 4) is 0 Å². The minimum Gasteiger partial charge on any atom is -0.461 e. The molecule has 1 N–H and O–H groups in total. The number of hydrogen-bond acceptors (Lipinski definition) is 4. The normalized spacial score (nSPS) is 11.7. The Hall–Kier alpha value is -2.97. The zero-order valence-corrected chi connectivity index (χ0v) is 19.2. The number of carbonyl (C=O) groups is 1. The molecule has 1 aromatic heterocycles. The quantitative estimate of drug-likeness (QED) is 0.483. The van der Waals surface area contributed by atoms with Gasteiger partial charge in [-0.3, -0.25) is 0 Å². The van der Waals surface area contributed by atoms with Gasteiger partial charge < -0.3 is 9.72 Å². The molecule has 3 rings (SSSR count). The predicted molar refractivity (Wildman–Crippen MR) is 120 cm³/mol. The predicted octanol–water partition coefficient (Wildman–Crippen LogP) is 4.38. The van der Waals surface area contributed by atoms with Crippen molar-refractivity contribution in [3.63, 3.8) is 0 Å². The number of H-pyrrole nitrogens is 1. The highest BCUT2D eigenvalue weighted by molar-refractivity contribution is 7.89. The average Bonchev–Trinajstić information content (AvgIpc) is 3.05. The van der Waals surface area contributed by atoms with Gasteiger partial charge >= 0.3 is 5.97 Å². The second-order valence-electron chi connectivity index (χ2n) is 7.48. The fraction of sp³-hybridized carbons (Fsp3) is 0.292. The van der Waals surface area contributed by atoms with Crippen LogP contribution in [0.4, 0.5) is 4.39 Å². The lowest BCUT2D eigenvalue weighted by atomic mass is 10.1. The summed E-state index contributed by atoms with van der Waals surface area (Å²) in [5, 5.41) is 0. The fourth-order valence-electron chi connectivity index (χ4n) is 3.55. The molecule has 0 aliphatic rings. The van der Waals surface area contributed by atoms with Crippen LogP contribution >= 0.6 is 0 Å². The maximum absolute atomic E-state index is 13.4. The van der Waals surface area contributed by atoms with Crippen molar-refractivity contribution >= 4 is 16.0 Å². The first kappa shape index (κ1) is 23.7. The third-order valence-corrected chi connectivity index (χ3v) is 7.21. The molecule has 0 atom stereocenters. The van der Waals surface area contributed by atoms with Gasteiger partial charge in [-0.25, -0.2) is 17.6 Å². The summed E-state index contributed by atoms with van der Waals surface area (Å²) in [6.45, 7) is 5.83. The van der Waals surface area contributed by atoms with Crippen LogP contribution in [-0.2, 0) is 27.7 Å². The first-order chi connectivity index (χ1) is 15.2. The number of esters is 1. The molecule has 0 saturated carbocycles. The number of rotatable bonds is 9. The third kappa shape index (κ3) is 5.26. The molecule has 0 unspecified atom stereocenters. The highest BCUT2D eigenvalue weighted by Gasteiger charge is 2.28. The van der Waals surface area contributed by atoms with E-state index in [-0.39, 0.29) is 24.6 Å². The molecule has 0 fully saturated rings. The first-order valence-electron chi connectivity index (χ1n) is 10.4. The van der Waals surface area contributed by atoms with E-state index in [0.29, 0.717) is 28.9 Å². The largest absolute Gasteiger partial charge is 0.461 e. The van der Waals surface area contributed by atoms with E-state index in [9.17, 15) is 17.6 Å². The summed E-state index contributed by atoms with van der Waals surface area (Å²) >= 11 is 0. The van der Waals surface area contributed by atoms with E-state index >= 15 is 0 Å². The highest BCUT2D eigenvalue weighted by atomic mass is 32.2.